The number of aromatic nitrogens is 4. The van der Waals surface area contributed by atoms with Gasteiger partial charge >= 0.3 is 0 Å². The van der Waals surface area contributed by atoms with Crippen LogP contribution in [0.5, 0.6) is 0 Å². The summed E-state index contributed by atoms with van der Waals surface area (Å²) in [6, 6.07) is 5.23. The van der Waals surface area contributed by atoms with Crippen LogP contribution >= 0.6 is 0 Å². The van der Waals surface area contributed by atoms with Crippen LogP contribution in [0.3, 0.4) is 0 Å². The first-order valence-corrected chi connectivity index (χ1v) is 10.4. The summed E-state index contributed by atoms with van der Waals surface area (Å²) in [7, 11) is 1.81. The van der Waals surface area contributed by atoms with Crippen molar-refractivity contribution in [1.82, 2.24) is 30.1 Å². The molecule has 1 fully saturated rings. The van der Waals surface area contributed by atoms with Crippen LogP contribution in [0.4, 0.5) is 0 Å². The monoisotopic (exact) mass is 422 g/mol. The Bertz CT molecular complexity index is 1090. The summed E-state index contributed by atoms with van der Waals surface area (Å²) in [5, 5.41) is 11.0. The van der Waals surface area contributed by atoms with Crippen molar-refractivity contribution in [3.8, 4) is 11.3 Å². The zero-order valence-electron chi connectivity index (χ0n) is 17.9. The summed E-state index contributed by atoms with van der Waals surface area (Å²) in [6.45, 7) is 4.96. The maximum atomic E-state index is 13.1. The standard InChI is InChI=1S/C22H26N6O3/c1-14(2)25-21(29)17-7-4-8-23-20(17)15-6-5-9-28(13-15)22(30)18-10-19(31-26-18)16-11-24-27(3)12-16/h4,7-8,10-12,14-15H,5-6,9,13H2,1-3H3,(H,25,29). The number of nitrogens with zero attached hydrogens (tertiary/aromatic N) is 5. The highest BCUT2D eigenvalue weighted by atomic mass is 16.5. The summed E-state index contributed by atoms with van der Waals surface area (Å²) in [5.41, 5.74) is 2.32. The largest absolute Gasteiger partial charge is 0.355 e. The smallest absolute Gasteiger partial charge is 0.276 e. The van der Waals surface area contributed by atoms with E-state index in [1.807, 2.05) is 20.9 Å². The highest BCUT2D eigenvalue weighted by molar-refractivity contribution is 5.96. The molecule has 0 aliphatic carbocycles. The van der Waals surface area contributed by atoms with Crippen LogP contribution in [0.15, 0.2) is 41.3 Å². The van der Waals surface area contributed by atoms with E-state index in [9.17, 15) is 9.59 Å². The van der Waals surface area contributed by atoms with Gasteiger partial charge in [-0.3, -0.25) is 19.3 Å². The minimum Gasteiger partial charge on any atom is -0.355 e. The summed E-state index contributed by atoms with van der Waals surface area (Å²) < 4.78 is 7.02. The molecular formula is C22H26N6O3. The molecule has 0 spiro atoms. The molecule has 1 unspecified atom stereocenters. The van der Waals surface area contributed by atoms with E-state index in [1.54, 1.807) is 46.4 Å². The second-order valence-electron chi connectivity index (χ2n) is 8.13. The highest BCUT2D eigenvalue weighted by Crippen LogP contribution is 2.29. The molecule has 9 nitrogen and oxygen atoms in total. The molecule has 1 atom stereocenters. The average molecular weight is 422 g/mol. The molecule has 1 N–H and O–H groups in total. The van der Waals surface area contributed by atoms with E-state index in [-0.39, 0.29) is 29.5 Å². The molecule has 2 amide bonds. The van der Waals surface area contributed by atoms with E-state index in [0.717, 1.165) is 24.1 Å². The topological polar surface area (TPSA) is 106 Å². The van der Waals surface area contributed by atoms with Crippen molar-refractivity contribution in [3.05, 3.63) is 53.7 Å². The van der Waals surface area contributed by atoms with Crippen LogP contribution in [-0.4, -0.2) is 55.8 Å². The predicted molar refractivity (Wildman–Crippen MR) is 113 cm³/mol. The van der Waals surface area contributed by atoms with Gasteiger partial charge in [-0.05, 0) is 38.8 Å². The lowest BCUT2D eigenvalue weighted by Gasteiger charge is -2.32. The third-order valence-corrected chi connectivity index (χ3v) is 5.32. The van der Waals surface area contributed by atoms with Crippen LogP contribution in [-0.2, 0) is 7.05 Å². The maximum absolute atomic E-state index is 13.1. The number of carbonyl (C=O) groups is 2. The van der Waals surface area contributed by atoms with Crippen molar-refractivity contribution < 1.29 is 14.1 Å². The van der Waals surface area contributed by atoms with E-state index >= 15 is 0 Å². The average Bonchev–Trinajstić information content (AvgIpc) is 3.42. The lowest BCUT2D eigenvalue weighted by Crippen LogP contribution is -2.40. The molecule has 0 radical (unpaired) electrons. The van der Waals surface area contributed by atoms with Crippen molar-refractivity contribution in [2.45, 2.75) is 38.6 Å². The van der Waals surface area contributed by atoms with E-state index in [0.29, 0.717) is 24.4 Å². The Morgan fingerprint density at radius 3 is 2.90 bits per heavy atom. The van der Waals surface area contributed by atoms with Crippen LogP contribution in [0.1, 0.15) is 59.1 Å². The Hall–Kier alpha value is -3.49. The van der Waals surface area contributed by atoms with Crippen LogP contribution in [0.25, 0.3) is 11.3 Å². The van der Waals surface area contributed by atoms with E-state index < -0.39 is 0 Å². The van der Waals surface area contributed by atoms with Gasteiger partial charge in [-0.15, -0.1) is 0 Å². The Kier molecular flexibility index (Phi) is 5.83. The van der Waals surface area contributed by atoms with Crippen LogP contribution in [0.2, 0.25) is 0 Å². The van der Waals surface area contributed by atoms with Gasteiger partial charge in [0.2, 0.25) is 0 Å². The third kappa shape index (κ3) is 4.50. The normalized spacial score (nSPS) is 16.5. The first-order valence-electron chi connectivity index (χ1n) is 10.4. The second-order valence-corrected chi connectivity index (χ2v) is 8.13. The van der Waals surface area contributed by atoms with Gasteiger partial charge < -0.3 is 14.7 Å². The molecule has 0 saturated carbocycles. The molecule has 31 heavy (non-hydrogen) atoms. The molecule has 162 valence electrons. The lowest BCUT2D eigenvalue weighted by atomic mass is 9.91. The first kappa shape index (κ1) is 20.8. The van der Waals surface area contributed by atoms with Gasteiger partial charge in [0.05, 0.1) is 23.0 Å². The molecule has 0 aromatic carbocycles. The molecule has 3 aromatic heterocycles. The van der Waals surface area contributed by atoms with E-state index in [1.165, 1.54) is 0 Å². The van der Waals surface area contributed by atoms with E-state index in [4.69, 9.17) is 4.52 Å². The number of hydrogen-bond donors (Lipinski definition) is 1. The SMILES string of the molecule is CC(C)NC(=O)c1cccnc1C1CCCN(C(=O)c2cc(-c3cnn(C)c3)on2)C1. The fraction of sp³-hybridized carbons (Fsp3) is 0.409. The van der Waals surface area contributed by atoms with Gasteiger partial charge in [0.1, 0.15) is 0 Å². The Labute approximate surface area is 180 Å². The third-order valence-electron chi connectivity index (χ3n) is 5.32. The molecule has 0 bridgehead atoms. The molecule has 1 aliphatic rings. The zero-order valence-corrected chi connectivity index (χ0v) is 17.9. The molecule has 1 aliphatic heterocycles. The van der Waals surface area contributed by atoms with Gasteiger partial charge in [0, 0.05) is 50.6 Å². The summed E-state index contributed by atoms with van der Waals surface area (Å²) in [4.78, 5) is 32.0. The number of carbonyl (C=O) groups excluding carboxylic acids is 2. The number of nitrogens with one attached hydrogen (secondary N) is 1. The molecule has 3 aromatic rings. The van der Waals surface area contributed by atoms with Crippen molar-refractivity contribution in [2.75, 3.05) is 13.1 Å². The zero-order chi connectivity index (χ0) is 22.0. The predicted octanol–water partition coefficient (Wildman–Crippen LogP) is 2.63. The summed E-state index contributed by atoms with van der Waals surface area (Å²) >= 11 is 0. The van der Waals surface area contributed by atoms with Crippen molar-refractivity contribution in [3.63, 3.8) is 0 Å². The summed E-state index contributed by atoms with van der Waals surface area (Å²) in [6.07, 6.45) is 6.85. The number of aryl methyl sites for hydroxylation is 1. The molecular weight excluding hydrogens is 396 g/mol. The van der Waals surface area contributed by atoms with Crippen LogP contribution < -0.4 is 5.32 Å². The van der Waals surface area contributed by atoms with Gasteiger partial charge in [0.25, 0.3) is 11.8 Å². The number of pyridine rings is 1. The quantitative estimate of drug-likeness (QED) is 0.677. The number of likely N-dealkylation sites (tertiary alicyclic amines) is 1. The first-order chi connectivity index (χ1) is 14.9. The minimum absolute atomic E-state index is 0.0171. The number of piperidine rings is 1. The molecule has 4 rings (SSSR count). The summed E-state index contributed by atoms with van der Waals surface area (Å²) in [5.74, 6) is 0.158. The second kappa shape index (κ2) is 8.71. The van der Waals surface area contributed by atoms with Crippen molar-refractivity contribution >= 4 is 11.8 Å². The molecule has 1 saturated heterocycles. The Morgan fingerprint density at radius 2 is 2.16 bits per heavy atom. The molecule has 9 heteroatoms. The van der Waals surface area contributed by atoms with Crippen molar-refractivity contribution in [2.24, 2.45) is 7.05 Å². The fourth-order valence-corrected chi connectivity index (χ4v) is 3.88. The van der Waals surface area contributed by atoms with Gasteiger partial charge in [-0.25, -0.2) is 0 Å². The lowest BCUT2D eigenvalue weighted by molar-refractivity contribution is 0.0695. The minimum atomic E-state index is -0.187. The highest BCUT2D eigenvalue weighted by Gasteiger charge is 2.30. The number of hydrogen-bond acceptors (Lipinski definition) is 6. The van der Waals surface area contributed by atoms with E-state index in [2.05, 4.69) is 20.6 Å². The molecule has 4 heterocycles. The van der Waals surface area contributed by atoms with Gasteiger partial charge in [-0.2, -0.15) is 5.10 Å². The van der Waals surface area contributed by atoms with Gasteiger partial charge in [-0.1, -0.05) is 5.16 Å². The van der Waals surface area contributed by atoms with Gasteiger partial charge in [0.15, 0.2) is 11.5 Å². The number of rotatable bonds is 5. The van der Waals surface area contributed by atoms with Crippen LogP contribution in [0, 0.1) is 0 Å². The van der Waals surface area contributed by atoms with Crippen molar-refractivity contribution in [1.29, 1.82) is 0 Å². The Balaban J connectivity index is 1.51. The Morgan fingerprint density at radius 1 is 1.32 bits per heavy atom. The maximum Gasteiger partial charge on any atom is 0.276 e. The fourth-order valence-electron chi connectivity index (χ4n) is 3.88. The number of amides is 2.